The van der Waals surface area contributed by atoms with Crippen molar-refractivity contribution in [3.05, 3.63) is 53.1 Å². The fourth-order valence-corrected chi connectivity index (χ4v) is 2.74. The number of carbonyl (C=O) groups is 1. The molecule has 3 rings (SSSR count). The van der Waals surface area contributed by atoms with Gasteiger partial charge in [0.05, 0.1) is 6.54 Å². The van der Waals surface area contributed by atoms with Crippen LogP contribution in [0.3, 0.4) is 0 Å². The zero-order chi connectivity index (χ0) is 17.8. The number of amides is 1. The summed E-state index contributed by atoms with van der Waals surface area (Å²) in [6.07, 6.45) is -0.861. The first-order valence-electron chi connectivity index (χ1n) is 8.12. The van der Waals surface area contributed by atoms with Gasteiger partial charge in [0.2, 0.25) is 0 Å². The number of ether oxygens (including phenoxy) is 3. The van der Waals surface area contributed by atoms with Gasteiger partial charge in [0.1, 0.15) is 18.5 Å². The maximum absolute atomic E-state index is 12.3. The Morgan fingerprint density at radius 2 is 2.08 bits per heavy atom. The van der Waals surface area contributed by atoms with Crippen molar-refractivity contribution in [1.82, 2.24) is 5.32 Å². The summed E-state index contributed by atoms with van der Waals surface area (Å²) in [6, 6.07) is 12.8. The Labute approximate surface area is 151 Å². The molecule has 2 aromatic rings. The van der Waals surface area contributed by atoms with Gasteiger partial charge in [0.25, 0.3) is 5.91 Å². The average Bonchev–Trinajstić information content (AvgIpc) is 2.61. The number of para-hydroxylation sites is 2. The highest BCUT2D eigenvalue weighted by Crippen LogP contribution is 2.30. The van der Waals surface area contributed by atoms with E-state index in [4.69, 9.17) is 25.8 Å². The van der Waals surface area contributed by atoms with Gasteiger partial charge < -0.3 is 19.5 Å². The normalized spacial score (nSPS) is 16.8. The van der Waals surface area contributed by atoms with Crippen molar-refractivity contribution < 1.29 is 19.0 Å². The number of benzene rings is 2. The van der Waals surface area contributed by atoms with Gasteiger partial charge in [-0.15, -0.1) is 0 Å². The van der Waals surface area contributed by atoms with Crippen LogP contribution in [0.25, 0.3) is 0 Å². The molecule has 6 heteroatoms. The van der Waals surface area contributed by atoms with E-state index in [1.54, 1.807) is 25.1 Å². The maximum atomic E-state index is 12.3. The lowest BCUT2D eigenvalue weighted by molar-refractivity contribution is -0.127. The second kappa shape index (κ2) is 7.66. The van der Waals surface area contributed by atoms with Crippen LogP contribution in [-0.4, -0.2) is 31.3 Å². The molecule has 25 heavy (non-hydrogen) atoms. The van der Waals surface area contributed by atoms with E-state index in [2.05, 4.69) is 5.32 Å². The summed E-state index contributed by atoms with van der Waals surface area (Å²) < 4.78 is 17.2. The van der Waals surface area contributed by atoms with E-state index in [0.29, 0.717) is 29.7 Å². The number of halogens is 1. The first-order valence-corrected chi connectivity index (χ1v) is 8.49. The third kappa shape index (κ3) is 4.37. The van der Waals surface area contributed by atoms with Crippen LogP contribution < -0.4 is 19.5 Å². The quantitative estimate of drug-likeness (QED) is 0.887. The van der Waals surface area contributed by atoms with Gasteiger partial charge in [0.15, 0.2) is 17.6 Å². The molecule has 1 amide bonds. The highest BCUT2D eigenvalue weighted by atomic mass is 35.5. The molecule has 1 aliphatic rings. The molecular weight excluding hydrogens is 342 g/mol. The lowest BCUT2D eigenvalue weighted by Gasteiger charge is -2.27. The first kappa shape index (κ1) is 17.4. The van der Waals surface area contributed by atoms with Crippen LogP contribution in [-0.2, 0) is 4.79 Å². The molecule has 2 aromatic carbocycles. The van der Waals surface area contributed by atoms with Gasteiger partial charge in [-0.1, -0.05) is 23.7 Å². The highest BCUT2D eigenvalue weighted by Gasteiger charge is 2.23. The number of nitrogens with one attached hydrogen (secondary N) is 1. The molecule has 1 N–H and O–H groups in total. The second-order valence-corrected chi connectivity index (χ2v) is 6.35. The molecule has 1 aliphatic heterocycles. The molecule has 1 heterocycles. The minimum Gasteiger partial charge on any atom is -0.486 e. The average molecular weight is 362 g/mol. The topological polar surface area (TPSA) is 56.8 Å². The number of aryl methyl sites for hydroxylation is 1. The molecule has 0 aromatic heterocycles. The minimum absolute atomic E-state index is 0.211. The van der Waals surface area contributed by atoms with E-state index in [9.17, 15) is 4.79 Å². The Hall–Kier alpha value is -2.40. The molecule has 0 radical (unpaired) electrons. The molecule has 0 bridgehead atoms. The van der Waals surface area contributed by atoms with Crippen LogP contribution in [0.2, 0.25) is 5.02 Å². The smallest absolute Gasteiger partial charge is 0.260 e. The first-order chi connectivity index (χ1) is 12.0. The van der Waals surface area contributed by atoms with Crippen molar-refractivity contribution in [2.75, 3.05) is 13.2 Å². The fraction of sp³-hybridized carbons (Fsp3) is 0.316. The van der Waals surface area contributed by atoms with Crippen LogP contribution in [0.1, 0.15) is 12.5 Å². The second-order valence-electron chi connectivity index (χ2n) is 5.91. The van der Waals surface area contributed by atoms with Crippen molar-refractivity contribution >= 4 is 17.5 Å². The summed E-state index contributed by atoms with van der Waals surface area (Å²) in [5.41, 5.74) is 0.882. The summed E-state index contributed by atoms with van der Waals surface area (Å²) in [5.74, 6) is 1.84. The van der Waals surface area contributed by atoms with Gasteiger partial charge >= 0.3 is 0 Å². The molecule has 132 valence electrons. The fourth-order valence-electron chi connectivity index (χ4n) is 2.51. The summed E-state index contributed by atoms with van der Waals surface area (Å²) in [7, 11) is 0. The maximum Gasteiger partial charge on any atom is 0.260 e. The molecule has 0 fully saturated rings. The predicted molar refractivity (Wildman–Crippen MR) is 95.6 cm³/mol. The minimum atomic E-state index is -0.628. The Morgan fingerprint density at radius 1 is 1.32 bits per heavy atom. The molecular formula is C19H20ClNO4. The van der Waals surface area contributed by atoms with Gasteiger partial charge in [-0.3, -0.25) is 4.79 Å². The Bertz CT molecular complexity index is 765. The number of hydrogen-bond donors (Lipinski definition) is 1. The van der Waals surface area contributed by atoms with E-state index in [0.717, 1.165) is 11.3 Å². The van der Waals surface area contributed by atoms with Gasteiger partial charge in [-0.25, -0.2) is 0 Å². The van der Waals surface area contributed by atoms with E-state index < -0.39 is 6.10 Å². The lowest BCUT2D eigenvalue weighted by Crippen LogP contribution is -2.44. The molecule has 2 unspecified atom stereocenters. The van der Waals surface area contributed by atoms with E-state index >= 15 is 0 Å². The Kier molecular flexibility index (Phi) is 5.34. The van der Waals surface area contributed by atoms with E-state index in [1.807, 2.05) is 31.2 Å². The number of fused-ring (bicyclic) bond motifs is 1. The van der Waals surface area contributed by atoms with Crippen LogP contribution in [0.4, 0.5) is 0 Å². The van der Waals surface area contributed by atoms with Gasteiger partial charge in [0, 0.05) is 5.02 Å². The van der Waals surface area contributed by atoms with Crippen molar-refractivity contribution in [3.63, 3.8) is 0 Å². The lowest BCUT2D eigenvalue weighted by atomic mass is 10.2. The molecule has 0 aliphatic carbocycles. The van der Waals surface area contributed by atoms with Crippen molar-refractivity contribution in [1.29, 1.82) is 0 Å². The standard InChI is InChI=1S/C19H20ClNO4/c1-12-9-14(20)7-8-16(12)24-13(2)19(22)21-10-15-11-23-17-5-3-4-6-18(17)25-15/h3-9,13,15H,10-11H2,1-2H3,(H,21,22). The summed E-state index contributed by atoms with van der Waals surface area (Å²) in [4.78, 5) is 12.3. The molecule has 0 spiro atoms. The predicted octanol–water partition coefficient (Wildman–Crippen LogP) is 3.37. The van der Waals surface area contributed by atoms with Crippen LogP contribution in [0.15, 0.2) is 42.5 Å². The third-order valence-electron chi connectivity index (χ3n) is 3.88. The largest absolute Gasteiger partial charge is 0.486 e. The van der Waals surface area contributed by atoms with Crippen molar-refractivity contribution in [2.45, 2.75) is 26.1 Å². The molecule has 0 saturated carbocycles. The summed E-state index contributed by atoms with van der Waals surface area (Å²) in [5, 5.41) is 3.47. The van der Waals surface area contributed by atoms with Gasteiger partial charge in [-0.05, 0) is 49.7 Å². The zero-order valence-electron chi connectivity index (χ0n) is 14.1. The summed E-state index contributed by atoms with van der Waals surface area (Å²) in [6.45, 7) is 4.33. The van der Waals surface area contributed by atoms with Crippen molar-refractivity contribution in [2.24, 2.45) is 0 Å². The van der Waals surface area contributed by atoms with E-state index in [1.165, 1.54) is 0 Å². The number of carbonyl (C=O) groups excluding carboxylic acids is 1. The van der Waals surface area contributed by atoms with Crippen LogP contribution in [0.5, 0.6) is 17.2 Å². The molecule has 0 saturated heterocycles. The molecule has 5 nitrogen and oxygen atoms in total. The van der Waals surface area contributed by atoms with Crippen LogP contribution >= 0.6 is 11.6 Å². The van der Waals surface area contributed by atoms with Gasteiger partial charge in [-0.2, -0.15) is 0 Å². The van der Waals surface area contributed by atoms with Crippen LogP contribution in [0, 0.1) is 6.92 Å². The Morgan fingerprint density at radius 3 is 2.84 bits per heavy atom. The van der Waals surface area contributed by atoms with E-state index in [-0.39, 0.29) is 12.0 Å². The summed E-state index contributed by atoms with van der Waals surface area (Å²) >= 11 is 5.93. The number of rotatable bonds is 5. The van der Waals surface area contributed by atoms with Crippen molar-refractivity contribution in [3.8, 4) is 17.2 Å². The Balaban J connectivity index is 1.51. The monoisotopic (exact) mass is 361 g/mol. The zero-order valence-corrected chi connectivity index (χ0v) is 14.9. The highest BCUT2D eigenvalue weighted by molar-refractivity contribution is 6.30. The number of hydrogen-bond acceptors (Lipinski definition) is 4. The SMILES string of the molecule is Cc1cc(Cl)ccc1OC(C)C(=O)NCC1COc2ccccc2O1. The molecule has 2 atom stereocenters. The third-order valence-corrected chi connectivity index (χ3v) is 4.12.